The Labute approximate surface area is 112 Å². The van der Waals surface area contributed by atoms with Gasteiger partial charge in [-0.05, 0) is 43.4 Å². The molecular formula is C13H20N4O2. The highest BCUT2D eigenvalue weighted by Gasteiger charge is 2.53. The predicted molar refractivity (Wildman–Crippen MR) is 72.1 cm³/mol. The lowest BCUT2D eigenvalue weighted by Gasteiger charge is -2.15. The lowest BCUT2D eigenvalue weighted by Crippen LogP contribution is -2.19. The zero-order valence-corrected chi connectivity index (χ0v) is 11.5. The van der Waals surface area contributed by atoms with Gasteiger partial charge in [0.05, 0.1) is 4.92 Å². The molecule has 0 bridgehead atoms. The maximum atomic E-state index is 11.2. The molecule has 2 aliphatic carbocycles. The van der Waals surface area contributed by atoms with Crippen molar-refractivity contribution >= 4 is 11.5 Å². The molecule has 19 heavy (non-hydrogen) atoms. The molecule has 2 saturated carbocycles. The fourth-order valence-corrected chi connectivity index (χ4v) is 3.04. The summed E-state index contributed by atoms with van der Waals surface area (Å²) in [5.74, 6) is 1.41. The van der Waals surface area contributed by atoms with Gasteiger partial charge in [-0.15, -0.1) is 0 Å². The average Bonchev–Trinajstić information content (AvgIpc) is 3.23. The molecule has 0 aromatic carbocycles. The second-order valence-corrected chi connectivity index (χ2v) is 5.87. The van der Waals surface area contributed by atoms with Crippen LogP contribution in [0.5, 0.6) is 0 Å². The second-order valence-electron chi connectivity index (χ2n) is 5.87. The number of hydrogen-bond donors (Lipinski definition) is 1. The maximum absolute atomic E-state index is 11.2. The zero-order chi connectivity index (χ0) is 13.6. The van der Waals surface area contributed by atoms with E-state index in [0.717, 1.165) is 12.5 Å². The summed E-state index contributed by atoms with van der Waals surface area (Å²) in [6.45, 7) is 2.74. The van der Waals surface area contributed by atoms with Crippen molar-refractivity contribution in [1.82, 2.24) is 9.78 Å². The van der Waals surface area contributed by atoms with Crippen LogP contribution in [-0.2, 0) is 13.5 Å². The summed E-state index contributed by atoms with van der Waals surface area (Å²) in [4.78, 5) is 10.9. The lowest BCUT2D eigenvalue weighted by atomic mass is 10.0. The van der Waals surface area contributed by atoms with Gasteiger partial charge in [-0.25, -0.2) is 4.68 Å². The van der Waals surface area contributed by atoms with Crippen LogP contribution in [0.3, 0.4) is 0 Å². The van der Waals surface area contributed by atoms with Crippen molar-refractivity contribution in [3.05, 3.63) is 15.8 Å². The van der Waals surface area contributed by atoms with Gasteiger partial charge in [0.25, 0.3) is 0 Å². The van der Waals surface area contributed by atoms with Gasteiger partial charge in [0.1, 0.15) is 5.69 Å². The van der Waals surface area contributed by atoms with Crippen molar-refractivity contribution in [3.8, 4) is 0 Å². The first kappa shape index (κ1) is 12.4. The molecule has 0 amide bonds. The van der Waals surface area contributed by atoms with Crippen LogP contribution >= 0.6 is 0 Å². The molecule has 0 unspecified atom stereocenters. The molecule has 0 atom stereocenters. The van der Waals surface area contributed by atoms with Crippen LogP contribution in [0.2, 0.25) is 0 Å². The van der Waals surface area contributed by atoms with Crippen LogP contribution in [0.4, 0.5) is 11.5 Å². The van der Waals surface area contributed by atoms with E-state index in [1.54, 1.807) is 11.7 Å². The smallest absolute Gasteiger partial charge is 0.333 e. The number of aryl methyl sites for hydroxylation is 2. The molecule has 104 valence electrons. The van der Waals surface area contributed by atoms with Gasteiger partial charge < -0.3 is 5.32 Å². The number of nitrogens with zero attached hydrogens (tertiary/aromatic N) is 3. The van der Waals surface area contributed by atoms with Crippen LogP contribution in [0, 0.1) is 21.4 Å². The molecular weight excluding hydrogens is 244 g/mol. The minimum Gasteiger partial charge on any atom is -0.364 e. The van der Waals surface area contributed by atoms with Crippen molar-refractivity contribution in [2.24, 2.45) is 18.4 Å². The summed E-state index contributed by atoms with van der Waals surface area (Å²) in [6.07, 6.45) is 5.76. The molecule has 3 rings (SSSR count). The van der Waals surface area contributed by atoms with Crippen molar-refractivity contribution in [3.63, 3.8) is 0 Å². The summed E-state index contributed by atoms with van der Waals surface area (Å²) < 4.78 is 1.61. The third-order valence-electron chi connectivity index (χ3n) is 4.55. The van der Waals surface area contributed by atoms with E-state index in [4.69, 9.17) is 0 Å². The molecule has 1 aromatic heterocycles. The van der Waals surface area contributed by atoms with Crippen LogP contribution in [0.1, 0.15) is 38.3 Å². The van der Waals surface area contributed by atoms with E-state index in [-0.39, 0.29) is 10.6 Å². The quantitative estimate of drug-likeness (QED) is 0.633. The third-order valence-corrected chi connectivity index (χ3v) is 4.55. The molecule has 1 aromatic rings. The van der Waals surface area contributed by atoms with E-state index in [1.165, 1.54) is 25.7 Å². The van der Waals surface area contributed by atoms with Crippen LogP contribution in [0.15, 0.2) is 0 Å². The summed E-state index contributed by atoms with van der Waals surface area (Å²) in [5, 5.41) is 18.8. The van der Waals surface area contributed by atoms with E-state index < -0.39 is 0 Å². The minimum absolute atomic E-state index is 0.150. The van der Waals surface area contributed by atoms with Crippen molar-refractivity contribution in [1.29, 1.82) is 0 Å². The fourth-order valence-electron chi connectivity index (χ4n) is 3.04. The summed E-state index contributed by atoms with van der Waals surface area (Å²) >= 11 is 0. The first-order chi connectivity index (χ1) is 9.07. The van der Waals surface area contributed by atoms with Crippen LogP contribution in [0.25, 0.3) is 0 Å². The Kier molecular flexibility index (Phi) is 2.76. The van der Waals surface area contributed by atoms with Crippen molar-refractivity contribution in [2.75, 3.05) is 11.9 Å². The third kappa shape index (κ3) is 2.09. The van der Waals surface area contributed by atoms with E-state index >= 15 is 0 Å². The van der Waals surface area contributed by atoms with Gasteiger partial charge in [-0.3, -0.25) is 10.1 Å². The van der Waals surface area contributed by atoms with E-state index in [1.807, 2.05) is 6.92 Å². The molecule has 2 fully saturated rings. The molecule has 6 heteroatoms. The molecule has 6 nitrogen and oxygen atoms in total. The number of rotatable bonds is 6. The Balaban J connectivity index is 1.79. The number of anilines is 1. The van der Waals surface area contributed by atoms with Gasteiger partial charge in [0.2, 0.25) is 5.82 Å². The highest BCUT2D eigenvalue weighted by Crippen LogP contribution is 2.61. The Bertz CT molecular complexity index is 515. The molecule has 0 radical (unpaired) electrons. The number of aromatic nitrogens is 2. The Morgan fingerprint density at radius 2 is 2.21 bits per heavy atom. The van der Waals surface area contributed by atoms with Crippen LogP contribution in [-0.4, -0.2) is 21.2 Å². The van der Waals surface area contributed by atoms with Gasteiger partial charge in [0, 0.05) is 13.6 Å². The average molecular weight is 264 g/mol. The molecule has 0 saturated heterocycles. The molecule has 0 aliphatic heterocycles. The Morgan fingerprint density at radius 1 is 1.53 bits per heavy atom. The Hall–Kier alpha value is -1.59. The van der Waals surface area contributed by atoms with Crippen molar-refractivity contribution in [2.45, 2.75) is 39.0 Å². The molecule has 0 spiro atoms. The molecule has 1 heterocycles. The topological polar surface area (TPSA) is 73.0 Å². The van der Waals surface area contributed by atoms with Gasteiger partial charge in [-0.2, -0.15) is 5.10 Å². The highest BCUT2D eigenvalue weighted by molar-refractivity contribution is 5.60. The standard InChI is InChI=1S/C13H20N4O2/c1-3-10-11(17(18)19)12(16(2)15-10)14-8-13(6-7-13)9-4-5-9/h9,14H,3-8H2,1-2H3. The van der Waals surface area contributed by atoms with Gasteiger partial charge in [0.15, 0.2) is 0 Å². The zero-order valence-electron chi connectivity index (χ0n) is 11.5. The second kappa shape index (κ2) is 4.21. The molecule has 2 aliphatic rings. The number of nitro groups is 1. The first-order valence-electron chi connectivity index (χ1n) is 7.01. The fraction of sp³-hybridized carbons (Fsp3) is 0.769. The first-order valence-corrected chi connectivity index (χ1v) is 7.01. The lowest BCUT2D eigenvalue weighted by molar-refractivity contribution is -0.384. The summed E-state index contributed by atoms with van der Waals surface area (Å²) in [6, 6.07) is 0. The van der Waals surface area contributed by atoms with Gasteiger partial charge in [-0.1, -0.05) is 6.92 Å². The predicted octanol–water partition coefficient (Wildman–Crippen LogP) is 2.49. The highest BCUT2D eigenvalue weighted by atomic mass is 16.6. The number of hydrogen-bond acceptors (Lipinski definition) is 4. The van der Waals surface area contributed by atoms with Gasteiger partial charge >= 0.3 is 5.69 Å². The SMILES string of the molecule is CCc1nn(C)c(NCC2(C3CC3)CC2)c1[N+](=O)[O-]. The Morgan fingerprint density at radius 3 is 2.68 bits per heavy atom. The molecule has 1 N–H and O–H groups in total. The minimum atomic E-state index is -0.315. The van der Waals surface area contributed by atoms with E-state index in [9.17, 15) is 10.1 Å². The summed E-state index contributed by atoms with van der Waals surface area (Å²) in [7, 11) is 1.77. The van der Waals surface area contributed by atoms with Crippen LogP contribution < -0.4 is 5.32 Å². The normalized spacial score (nSPS) is 20.3. The monoisotopic (exact) mass is 264 g/mol. The number of nitrogens with one attached hydrogen (secondary N) is 1. The van der Waals surface area contributed by atoms with E-state index in [2.05, 4.69) is 10.4 Å². The summed E-state index contributed by atoms with van der Waals surface area (Å²) in [5.41, 5.74) is 1.13. The largest absolute Gasteiger partial charge is 0.364 e. The maximum Gasteiger partial charge on any atom is 0.333 e. The van der Waals surface area contributed by atoms with Crippen molar-refractivity contribution < 1.29 is 4.92 Å². The van der Waals surface area contributed by atoms with E-state index in [0.29, 0.717) is 23.3 Å².